The summed E-state index contributed by atoms with van der Waals surface area (Å²) in [5.41, 5.74) is 0. The van der Waals surface area contributed by atoms with Crippen LogP contribution in [0.5, 0.6) is 0 Å². The first-order valence-corrected chi connectivity index (χ1v) is 8.37. The van der Waals surface area contributed by atoms with E-state index in [-0.39, 0.29) is 6.04 Å². The topological polar surface area (TPSA) is 49.4 Å². The fourth-order valence-electron chi connectivity index (χ4n) is 2.42. The van der Waals surface area contributed by atoms with Crippen LogP contribution in [0.25, 0.3) is 0 Å². The SMILES string of the molecule is CCCNC1CCCN(S(=O)(=O)c2ccccc2)C1. The molecule has 1 saturated heterocycles. The molecule has 1 aromatic carbocycles. The van der Waals surface area contributed by atoms with Gasteiger partial charge in [-0.2, -0.15) is 4.31 Å². The van der Waals surface area contributed by atoms with E-state index in [4.69, 9.17) is 0 Å². The van der Waals surface area contributed by atoms with Crippen LogP contribution < -0.4 is 5.32 Å². The fraction of sp³-hybridized carbons (Fsp3) is 0.571. The number of benzene rings is 1. The molecule has 0 amide bonds. The summed E-state index contributed by atoms with van der Waals surface area (Å²) >= 11 is 0. The highest BCUT2D eigenvalue weighted by Gasteiger charge is 2.29. The zero-order valence-electron chi connectivity index (χ0n) is 11.4. The lowest BCUT2D eigenvalue weighted by atomic mass is 10.1. The van der Waals surface area contributed by atoms with Crippen molar-refractivity contribution >= 4 is 10.0 Å². The van der Waals surface area contributed by atoms with Gasteiger partial charge in [0.15, 0.2) is 0 Å². The number of hydrogen-bond acceptors (Lipinski definition) is 3. The van der Waals surface area contributed by atoms with E-state index >= 15 is 0 Å². The second kappa shape index (κ2) is 6.50. The molecular weight excluding hydrogens is 260 g/mol. The van der Waals surface area contributed by atoms with E-state index in [1.807, 2.05) is 6.07 Å². The van der Waals surface area contributed by atoms with Crippen LogP contribution in [0, 0.1) is 0 Å². The van der Waals surface area contributed by atoms with Crippen LogP contribution >= 0.6 is 0 Å². The van der Waals surface area contributed by atoms with Gasteiger partial charge in [-0.1, -0.05) is 25.1 Å². The lowest BCUT2D eigenvalue weighted by Gasteiger charge is -2.32. The van der Waals surface area contributed by atoms with Gasteiger partial charge in [0, 0.05) is 19.1 Å². The van der Waals surface area contributed by atoms with Crippen molar-refractivity contribution in [1.29, 1.82) is 0 Å². The smallest absolute Gasteiger partial charge is 0.243 e. The van der Waals surface area contributed by atoms with Crippen molar-refractivity contribution in [1.82, 2.24) is 9.62 Å². The van der Waals surface area contributed by atoms with Gasteiger partial charge >= 0.3 is 0 Å². The van der Waals surface area contributed by atoms with Crippen molar-refractivity contribution in [2.24, 2.45) is 0 Å². The molecular formula is C14H22N2O2S. The molecule has 1 fully saturated rings. The summed E-state index contributed by atoms with van der Waals surface area (Å²) in [4.78, 5) is 0.395. The van der Waals surface area contributed by atoms with E-state index in [2.05, 4.69) is 12.2 Å². The normalized spacial score (nSPS) is 21.4. The molecule has 2 rings (SSSR count). The van der Waals surface area contributed by atoms with Gasteiger partial charge in [0.05, 0.1) is 4.90 Å². The third kappa shape index (κ3) is 3.55. The molecule has 1 aliphatic heterocycles. The van der Waals surface area contributed by atoms with Crippen LogP contribution in [0.4, 0.5) is 0 Å². The predicted molar refractivity (Wildman–Crippen MR) is 76.5 cm³/mol. The van der Waals surface area contributed by atoms with Crippen molar-refractivity contribution < 1.29 is 8.42 Å². The third-order valence-electron chi connectivity index (χ3n) is 3.45. The Kier molecular flexibility index (Phi) is 4.96. The van der Waals surface area contributed by atoms with Crippen molar-refractivity contribution in [3.8, 4) is 0 Å². The van der Waals surface area contributed by atoms with Crippen LogP contribution in [-0.2, 0) is 10.0 Å². The average molecular weight is 282 g/mol. The number of hydrogen-bond donors (Lipinski definition) is 1. The fourth-order valence-corrected chi connectivity index (χ4v) is 3.96. The van der Waals surface area contributed by atoms with Gasteiger partial charge < -0.3 is 5.32 Å². The molecule has 0 spiro atoms. The predicted octanol–water partition coefficient (Wildman–Crippen LogP) is 1.84. The van der Waals surface area contributed by atoms with Gasteiger partial charge in [0.2, 0.25) is 10.0 Å². The van der Waals surface area contributed by atoms with Crippen molar-refractivity contribution in [2.45, 2.75) is 37.1 Å². The number of nitrogens with zero attached hydrogens (tertiary/aromatic N) is 1. The lowest BCUT2D eigenvalue weighted by molar-refractivity contribution is 0.284. The molecule has 0 radical (unpaired) electrons. The molecule has 1 aliphatic rings. The Bertz CT molecular complexity index is 487. The molecule has 1 aromatic rings. The molecule has 106 valence electrons. The van der Waals surface area contributed by atoms with E-state index in [1.54, 1.807) is 28.6 Å². The molecule has 4 nitrogen and oxygen atoms in total. The van der Waals surface area contributed by atoms with Crippen LogP contribution in [0.15, 0.2) is 35.2 Å². The molecule has 1 unspecified atom stereocenters. The monoisotopic (exact) mass is 282 g/mol. The molecule has 1 heterocycles. The zero-order chi connectivity index (χ0) is 13.7. The average Bonchev–Trinajstić information content (AvgIpc) is 2.46. The first kappa shape index (κ1) is 14.5. The minimum atomic E-state index is -3.33. The molecule has 0 bridgehead atoms. The Balaban J connectivity index is 2.08. The van der Waals surface area contributed by atoms with Crippen molar-refractivity contribution in [2.75, 3.05) is 19.6 Å². The van der Waals surface area contributed by atoms with E-state index in [9.17, 15) is 8.42 Å². The molecule has 5 heteroatoms. The van der Waals surface area contributed by atoms with E-state index in [1.165, 1.54) is 0 Å². The summed E-state index contributed by atoms with van der Waals surface area (Å²) < 4.78 is 26.6. The van der Waals surface area contributed by atoms with Crippen molar-refractivity contribution in [3.05, 3.63) is 30.3 Å². The van der Waals surface area contributed by atoms with Crippen LogP contribution in [0.3, 0.4) is 0 Å². The molecule has 1 N–H and O–H groups in total. The molecule has 0 aliphatic carbocycles. The number of rotatable bonds is 5. The lowest BCUT2D eigenvalue weighted by Crippen LogP contribution is -2.48. The Morgan fingerprint density at radius 3 is 2.74 bits per heavy atom. The summed E-state index contributed by atoms with van der Waals surface area (Å²) in [5, 5.41) is 3.42. The molecule has 1 atom stereocenters. The van der Waals surface area contributed by atoms with Gasteiger partial charge in [-0.15, -0.1) is 0 Å². The van der Waals surface area contributed by atoms with E-state index in [0.717, 1.165) is 25.8 Å². The van der Waals surface area contributed by atoms with Gasteiger partial charge in [-0.3, -0.25) is 0 Å². The van der Waals surface area contributed by atoms with Gasteiger partial charge in [-0.25, -0.2) is 8.42 Å². The maximum atomic E-state index is 12.5. The standard InChI is InChI=1S/C14H22N2O2S/c1-2-10-15-13-7-6-11-16(12-13)19(17,18)14-8-4-3-5-9-14/h3-5,8-9,13,15H,2,6-7,10-12H2,1H3. The highest BCUT2D eigenvalue weighted by atomic mass is 32.2. The van der Waals surface area contributed by atoms with Gasteiger partial charge in [0.25, 0.3) is 0 Å². The number of sulfonamides is 1. The second-order valence-corrected chi connectivity index (χ2v) is 6.91. The number of nitrogens with one attached hydrogen (secondary N) is 1. The van der Waals surface area contributed by atoms with Crippen LogP contribution in [0.2, 0.25) is 0 Å². The quantitative estimate of drug-likeness (QED) is 0.896. The molecule has 0 saturated carbocycles. The molecule has 19 heavy (non-hydrogen) atoms. The molecule has 0 aromatic heterocycles. The highest BCUT2D eigenvalue weighted by Crippen LogP contribution is 2.20. The van der Waals surface area contributed by atoms with Gasteiger partial charge in [0.1, 0.15) is 0 Å². The largest absolute Gasteiger partial charge is 0.313 e. The van der Waals surface area contributed by atoms with E-state index < -0.39 is 10.0 Å². The number of piperidine rings is 1. The zero-order valence-corrected chi connectivity index (χ0v) is 12.2. The Morgan fingerprint density at radius 1 is 1.32 bits per heavy atom. The second-order valence-electron chi connectivity index (χ2n) is 4.97. The summed E-state index contributed by atoms with van der Waals surface area (Å²) in [6, 6.07) is 8.98. The first-order chi connectivity index (χ1) is 9.14. The van der Waals surface area contributed by atoms with Crippen LogP contribution in [-0.4, -0.2) is 38.4 Å². The summed E-state index contributed by atoms with van der Waals surface area (Å²) in [5.74, 6) is 0. The summed E-state index contributed by atoms with van der Waals surface area (Å²) in [7, 11) is -3.33. The summed E-state index contributed by atoms with van der Waals surface area (Å²) in [6.45, 7) is 4.27. The minimum Gasteiger partial charge on any atom is -0.313 e. The maximum absolute atomic E-state index is 12.5. The van der Waals surface area contributed by atoms with Crippen molar-refractivity contribution in [3.63, 3.8) is 0 Å². The van der Waals surface area contributed by atoms with Gasteiger partial charge in [-0.05, 0) is 37.9 Å². The third-order valence-corrected chi connectivity index (χ3v) is 5.33. The maximum Gasteiger partial charge on any atom is 0.243 e. The summed E-state index contributed by atoms with van der Waals surface area (Å²) in [6.07, 6.45) is 3.05. The highest BCUT2D eigenvalue weighted by molar-refractivity contribution is 7.89. The minimum absolute atomic E-state index is 0.284. The Morgan fingerprint density at radius 2 is 2.05 bits per heavy atom. The Labute approximate surface area is 115 Å². The van der Waals surface area contributed by atoms with E-state index in [0.29, 0.717) is 18.0 Å². The Hall–Kier alpha value is -0.910. The van der Waals surface area contributed by atoms with Crippen LogP contribution in [0.1, 0.15) is 26.2 Å². The first-order valence-electron chi connectivity index (χ1n) is 6.93.